The molecular formula is C17H15Cl2N7S. The molecular weight excluding hydrogens is 405 g/mol. The van der Waals surface area contributed by atoms with E-state index in [1.54, 1.807) is 18.6 Å². The molecule has 0 spiro atoms. The molecule has 0 aliphatic carbocycles. The van der Waals surface area contributed by atoms with Crippen LogP contribution in [0.15, 0.2) is 53.3 Å². The molecule has 0 unspecified atom stereocenters. The summed E-state index contributed by atoms with van der Waals surface area (Å²) in [6, 6.07) is 5.40. The van der Waals surface area contributed by atoms with E-state index < -0.39 is 0 Å². The predicted molar refractivity (Wildman–Crippen MR) is 107 cm³/mol. The summed E-state index contributed by atoms with van der Waals surface area (Å²) in [5, 5.41) is 1.92. The highest BCUT2D eigenvalue weighted by molar-refractivity contribution is 7.99. The van der Waals surface area contributed by atoms with Crippen LogP contribution in [0.3, 0.4) is 0 Å². The molecule has 0 amide bonds. The van der Waals surface area contributed by atoms with Gasteiger partial charge in [-0.25, -0.2) is 19.9 Å². The highest BCUT2D eigenvalue weighted by Crippen LogP contribution is 2.34. The first kappa shape index (κ1) is 18.1. The van der Waals surface area contributed by atoms with Gasteiger partial charge in [-0.2, -0.15) is 0 Å². The molecule has 2 N–H and O–H groups in total. The average molecular weight is 420 g/mol. The van der Waals surface area contributed by atoms with Crippen molar-refractivity contribution in [3.63, 3.8) is 0 Å². The van der Waals surface area contributed by atoms with Crippen LogP contribution in [-0.4, -0.2) is 29.1 Å². The van der Waals surface area contributed by atoms with E-state index in [2.05, 4.69) is 19.9 Å². The van der Waals surface area contributed by atoms with Crippen molar-refractivity contribution in [3.8, 4) is 0 Å². The number of halogens is 2. The van der Waals surface area contributed by atoms with Gasteiger partial charge in [-0.3, -0.25) is 0 Å². The predicted octanol–water partition coefficient (Wildman–Crippen LogP) is 4.15. The van der Waals surface area contributed by atoms with Gasteiger partial charge in [0.2, 0.25) is 0 Å². The molecule has 0 radical (unpaired) electrons. The number of nitrogen functional groups attached to an aromatic ring is 1. The molecule has 0 saturated heterocycles. The molecule has 0 atom stereocenters. The SMILES string of the molecule is Nc1ncnc2c1nc(Sc1cc(Cl)cc(Cl)c1)n2CCCn1ccnc1. The second-order valence-electron chi connectivity index (χ2n) is 5.84. The first-order valence-corrected chi connectivity index (χ1v) is 9.74. The van der Waals surface area contributed by atoms with E-state index in [9.17, 15) is 0 Å². The number of aromatic nitrogens is 6. The summed E-state index contributed by atoms with van der Waals surface area (Å²) in [5.74, 6) is 0.360. The van der Waals surface area contributed by atoms with Gasteiger partial charge in [-0.15, -0.1) is 0 Å². The zero-order chi connectivity index (χ0) is 18.8. The van der Waals surface area contributed by atoms with Crippen LogP contribution in [0.5, 0.6) is 0 Å². The van der Waals surface area contributed by atoms with Gasteiger partial charge in [-0.05, 0) is 24.6 Å². The number of anilines is 1. The lowest BCUT2D eigenvalue weighted by Crippen LogP contribution is -2.05. The molecule has 7 nitrogen and oxygen atoms in total. The maximum Gasteiger partial charge on any atom is 0.175 e. The Morgan fingerprint density at radius 2 is 1.89 bits per heavy atom. The van der Waals surface area contributed by atoms with Crippen molar-refractivity contribution in [1.29, 1.82) is 0 Å². The lowest BCUT2D eigenvalue weighted by Gasteiger charge is -2.09. The van der Waals surface area contributed by atoms with Gasteiger partial charge in [0.1, 0.15) is 6.33 Å². The second-order valence-corrected chi connectivity index (χ2v) is 7.75. The monoisotopic (exact) mass is 419 g/mol. The topological polar surface area (TPSA) is 87.4 Å². The number of imidazole rings is 2. The maximum atomic E-state index is 6.12. The van der Waals surface area contributed by atoms with Gasteiger partial charge in [0.15, 0.2) is 22.1 Å². The summed E-state index contributed by atoms with van der Waals surface area (Å²) < 4.78 is 4.08. The minimum Gasteiger partial charge on any atom is -0.382 e. The quantitative estimate of drug-likeness (QED) is 0.504. The van der Waals surface area contributed by atoms with E-state index in [1.165, 1.54) is 18.1 Å². The van der Waals surface area contributed by atoms with Crippen molar-refractivity contribution in [2.75, 3.05) is 5.73 Å². The van der Waals surface area contributed by atoms with Crippen LogP contribution >= 0.6 is 35.0 Å². The smallest absolute Gasteiger partial charge is 0.175 e. The van der Waals surface area contributed by atoms with Crippen molar-refractivity contribution in [2.45, 2.75) is 29.6 Å². The lowest BCUT2D eigenvalue weighted by molar-refractivity contribution is 0.544. The number of benzene rings is 1. The molecule has 3 heterocycles. The Kier molecular flexibility index (Phi) is 5.20. The summed E-state index contributed by atoms with van der Waals surface area (Å²) in [7, 11) is 0. The number of hydrogen-bond donors (Lipinski definition) is 1. The standard InChI is InChI=1S/C17H15Cl2N7S/c18-11-6-12(19)8-13(7-11)27-17-24-14-15(20)22-9-23-16(14)26(17)4-1-3-25-5-2-21-10-25/h2,5-10H,1,3-4H2,(H2,20,22,23). The minimum absolute atomic E-state index is 0.360. The molecule has 1 aromatic carbocycles. The number of nitrogens with two attached hydrogens (primary N) is 1. The van der Waals surface area contributed by atoms with Crippen molar-refractivity contribution in [3.05, 3.63) is 53.3 Å². The van der Waals surface area contributed by atoms with Crippen LogP contribution in [0.1, 0.15) is 6.42 Å². The fourth-order valence-corrected chi connectivity index (χ4v) is 4.40. The molecule has 0 fully saturated rings. The fraction of sp³-hybridized carbons (Fsp3) is 0.176. The molecule has 4 aromatic rings. The fourth-order valence-electron chi connectivity index (χ4n) is 2.74. The molecule has 0 saturated carbocycles. The van der Waals surface area contributed by atoms with Gasteiger partial charge in [0.05, 0.1) is 6.33 Å². The summed E-state index contributed by atoms with van der Waals surface area (Å²) >= 11 is 13.7. The van der Waals surface area contributed by atoms with E-state index in [-0.39, 0.29) is 0 Å². The van der Waals surface area contributed by atoms with E-state index in [4.69, 9.17) is 28.9 Å². The van der Waals surface area contributed by atoms with Crippen LogP contribution < -0.4 is 5.73 Å². The third kappa shape index (κ3) is 4.02. The van der Waals surface area contributed by atoms with Crippen molar-refractivity contribution in [2.24, 2.45) is 0 Å². The lowest BCUT2D eigenvalue weighted by atomic mass is 10.4. The average Bonchev–Trinajstić information content (AvgIpc) is 3.24. The molecule has 27 heavy (non-hydrogen) atoms. The third-order valence-corrected chi connectivity index (χ3v) is 5.33. The van der Waals surface area contributed by atoms with Crippen molar-refractivity contribution >= 4 is 51.9 Å². The number of rotatable bonds is 6. The molecule has 4 rings (SSSR count). The Morgan fingerprint density at radius 1 is 1.07 bits per heavy atom. The number of hydrogen-bond acceptors (Lipinski definition) is 6. The second kappa shape index (κ2) is 7.75. The Labute approximate surface area is 169 Å². The van der Waals surface area contributed by atoms with E-state index >= 15 is 0 Å². The van der Waals surface area contributed by atoms with Gasteiger partial charge in [0.25, 0.3) is 0 Å². The van der Waals surface area contributed by atoms with E-state index in [1.807, 2.05) is 27.5 Å². The van der Waals surface area contributed by atoms with E-state index in [0.29, 0.717) is 27.0 Å². The molecule has 138 valence electrons. The van der Waals surface area contributed by atoms with Crippen LogP contribution in [0.2, 0.25) is 10.0 Å². The molecule has 3 aromatic heterocycles. The summed E-state index contributed by atoms with van der Waals surface area (Å²) in [4.78, 5) is 18.0. The summed E-state index contributed by atoms with van der Waals surface area (Å²) in [5.41, 5.74) is 7.30. The Balaban J connectivity index is 1.66. The molecule has 0 bridgehead atoms. The Bertz CT molecular complexity index is 1060. The molecule has 10 heteroatoms. The van der Waals surface area contributed by atoms with Crippen molar-refractivity contribution < 1.29 is 0 Å². The zero-order valence-corrected chi connectivity index (χ0v) is 16.4. The van der Waals surface area contributed by atoms with Gasteiger partial charge >= 0.3 is 0 Å². The normalized spacial score (nSPS) is 11.3. The van der Waals surface area contributed by atoms with E-state index in [0.717, 1.165) is 29.6 Å². The number of nitrogens with zero attached hydrogens (tertiary/aromatic N) is 6. The summed E-state index contributed by atoms with van der Waals surface area (Å²) in [6.07, 6.45) is 7.85. The van der Waals surface area contributed by atoms with Crippen LogP contribution in [-0.2, 0) is 13.1 Å². The third-order valence-electron chi connectivity index (χ3n) is 3.93. The Morgan fingerprint density at radius 3 is 2.63 bits per heavy atom. The zero-order valence-electron chi connectivity index (χ0n) is 14.1. The van der Waals surface area contributed by atoms with Crippen LogP contribution in [0.4, 0.5) is 5.82 Å². The van der Waals surface area contributed by atoms with Gasteiger partial charge < -0.3 is 14.9 Å². The minimum atomic E-state index is 0.360. The number of fused-ring (bicyclic) bond motifs is 1. The van der Waals surface area contributed by atoms with Crippen LogP contribution in [0.25, 0.3) is 11.2 Å². The maximum absolute atomic E-state index is 6.12. The first-order chi connectivity index (χ1) is 13.1. The highest BCUT2D eigenvalue weighted by Gasteiger charge is 2.16. The van der Waals surface area contributed by atoms with Crippen LogP contribution in [0, 0.1) is 0 Å². The van der Waals surface area contributed by atoms with Gasteiger partial charge in [0, 0.05) is 40.4 Å². The van der Waals surface area contributed by atoms with Gasteiger partial charge in [-0.1, -0.05) is 35.0 Å². The number of aryl methyl sites for hydroxylation is 2. The van der Waals surface area contributed by atoms with Crippen molar-refractivity contribution in [1.82, 2.24) is 29.1 Å². The largest absolute Gasteiger partial charge is 0.382 e. The highest BCUT2D eigenvalue weighted by atomic mass is 35.5. The molecule has 0 aliphatic heterocycles. The first-order valence-electron chi connectivity index (χ1n) is 8.16. The summed E-state index contributed by atoms with van der Waals surface area (Å²) in [6.45, 7) is 1.56. The molecule has 0 aliphatic rings. The Hall–Kier alpha value is -2.29.